The number of carbonyl (C=O) groups is 2. The van der Waals surface area contributed by atoms with Crippen molar-refractivity contribution in [3.8, 4) is 0 Å². The van der Waals surface area contributed by atoms with Gasteiger partial charge >= 0.3 is 5.97 Å². The fourth-order valence-corrected chi connectivity index (χ4v) is 2.61. The molecule has 1 amide bonds. The molecule has 7 heteroatoms. The molecular weight excluding hydrogens is 308 g/mol. The molecule has 0 unspecified atom stereocenters. The van der Waals surface area contributed by atoms with Crippen LogP contribution in [0.25, 0.3) is 0 Å². The fourth-order valence-electron chi connectivity index (χ4n) is 2.61. The number of aryl methyl sites for hydroxylation is 1. The summed E-state index contributed by atoms with van der Waals surface area (Å²) in [6, 6.07) is 7.56. The largest absolute Gasteiger partial charge is 0.476 e. The highest BCUT2D eigenvalue weighted by molar-refractivity contribution is 5.94. The molecule has 0 spiro atoms. The van der Waals surface area contributed by atoms with E-state index >= 15 is 0 Å². The molecule has 0 aliphatic carbocycles. The first-order valence-electron chi connectivity index (χ1n) is 7.71. The van der Waals surface area contributed by atoms with Crippen LogP contribution in [0.4, 0.5) is 5.82 Å². The maximum Gasteiger partial charge on any atom is 0.356 e. The van der Waals surface area contributed by atoms with Crippen LogP contribution in [0.15, 0.2) is 36.7 Å². The standard InChI is InChI=1S/C17H18N4O3/c1-12-2-4-13(5-3-12)16(22)21-8-6-20(7-9-21)15-11-18-14(10-19-15)17(23)24/h2-5,10-11H,6-9H2,1H3,(H,23,24). The van der Waals surface area contributed by atoms with Gasteiger partial charge in [-0.3, -0.25) is 4.79 Å². The lowest BCUT2D eigenvalue weighted by molar-refractivity contribution is 0.0688. The van der Waals surface area contributed by atoms with Gasteiger partial charge in [0, 0.05) is 31.7 Å². The topological polar surface area (TPSA) is 86.6 Å². The van der Waals surface area contributed by atoms with Crippen molar-refractivity contribution in [1.29, 1.82) is 0 Å². The first-order valence-corrected chi connectivity index (χ1v) is 7.71. The summed E-state index contributed by atoms with van der Waals surface area (Å²) < 4.78 is 0. The molecule has 7 nitrogen and oxygen atoms in total. The molecule has 1 saturated heterocycles. The zero-order valence-electron chi connectivity index (χ0n) is 13.3. The molecule has 124 valence electrons. The number of hydrogen-bond acceptors (Lipinski definition) is 5. The second-order valence-corrected chi connectivity index (χ2v) is 5.71. The minimum absolute atomic E-state index is 0.0296. The third kappa shape index (κ3) is 3.34. The van der Waals surface area contributed by atoms with Crippen molar-refractivity contribution in [2.75, 3.05) is 31.1 Å². The molecule has 0 bridgehead atoms. The minimum atomic E-state index is -1.09. The van der Waals surface area contributed by atoms with Gasteiger partial charge in [0.1, 0.15) is 5.82 Å². The second kappa shape index (κ2) is 6.66. The Balaban J connectivity index is 1.62. The van der Waals surface area contributed by atoms with Gasteiger partial charge in [-0.2, -0.15) is 0 Å². The molecule has 24 heavy (non-hydrogen) atoms. The van der Waals surface area contributed by atoms with E-state index in [1.807, 2.05) is 41.0 Å². The fraction of sp³-hybridized carbons (Fsp3) is 0.294. The normalized spacial score (nSPS) is 14.5. The predicted molar refractivity (Wildman–Crippen MR) is 88.3 cm³/mol. The van der Waals surface area contributed by atoms with Crippen molar-refractivity contribution in [2.24, 2.45) is 0 Å². The molecular formula is C17H18N4O3. The second-order valence-electron chi connectivity index (χ2n) is 5.71. The van der Waals surface area contributed by atoms with Gasteiger partial charge in [-0.15, -0.1) is 0 Å². The average Bonchev–Trinajstić information content (AvgIpc) is 2.62. The smallest absolute Gasteiger partial charge is 0.356 e. The number of carboxylic acids is 1. The van der Waals surface area contributed by atoms with Crippen LogP contribution in [0, 0.1) is 6.92 Å². The van der Waals surface area contributed by atoms with E-state index in [1.165, 1.54) is 12.4 Å². The van der Waals surface area contributed by atoms with Crippen LogP contribution in [0.2, 0.25) is 0 Å². The van der Waals surface area contributed by atoms with Crippen molar-refractivity contribution in [1.82, 2.24) is 14.9 Å². The van der Waals surface area contributed by atoms with Gasteiger partial charge in [-0.05, 0) is 19.1 Å². The van der Waals surface area contributed by atoms with Crippen LogP contribution < -0.4 is 4.90 Å². The number of rotatable bonds is 3. The monoisotopic (exact) mass is 326 g/mol. The Bertz CT molecular complexity index is 735. The first kappa shape index (κ1) is 15.9. The molecule has 1 fully saturated rings. The van der Waals surface area contributed by atoms with E-state index < -0.39 is 5.97 Å². The minimum Gasteiger partial charge on any atom is -0.476 e. The number of aromatic nitrogens is 2. The maximum absolute atomic E-state index is 12.5. The summed E-state index contributed by atoms with van der Waals surface area (Å²) in [7, 11) is 0. The SMILES string of the molecule is Cc1ccc(C(=O)N2CCN(c3cnc(C(=O)O)cn3)CC2)cc1. The van der Waals surface area contributed by atoms with E-state index in [9.17, 15) is 9.59 Å². The zero-order chi connectivity index (χ0) is 17.1. The summed E-state index contributed by atoms with van der Waals surface area (Å²) >= 11 is 0. The summed E-state index contributed by atoms with van der Waals surface area (Å²) in [6.45, 7) is 4.45. The molecule has 2 aromatic rings. The number of aromatic carboxylic acids is 1. The lowest BCUT2D eigenvalue weighted by Gasteiger charge is -2.35. The summed E-state index contributed by atoms with van der Waals surface area (Å²) in [6.07, 6.45) is 2.71. The van der Waals surface area contributed by atoms with Crippen molar-refractivity contribution in [3.05, 3.63) is 53.5 Å². The van der Waals surface area contributed by atoms with Crippen LogP contribution >= 0.6 is 0 Å². The summed E-state index contributed by atoms with van der Waals surface area (Å²) in [5.74, 6) is -0.438. The van der Waals surface area contributed by atoms with E-state index in [-0.39, 0.29) is 11.6 Å². The lowest BCUT2D eigenvalue weighted by Crippen LogP contribution is -2.49. The number of carboxylic acid groups (broad SMARTS) is 1. The van der Waals surface area contributed by atoms with Crippen LogP contribution in [-0.2, 0) is 0 Å². The van der Waals surface area contributed by atoms with Crippen molar-refractivity contribution >= 4 is 17.7 Å². The van der Waals surface area contributed by atoms with Crippen LogP contribution in [-0.4, -0.2) is 58.0 Å². The number of nitrogens with zero attached hydrogens (tertiary/aromatic N) is 4. The molecule has 0 atom stereocenters. The van der Waals surface area contributed by atoms with Crippen molar-refractivity contribution < 1.29 is 14.7 Å². The third-order valence-corrected chi connectivity index (χ3v) is 4.05. The Hall–Kier alpha value is -2.96. The van der Waals surface area contributed by atoms with Crippen LogP contribution in [0.5, 0.6) is 0 Å². The molecule has 1 aromatic heterocycles. The molecule has 1 aliphatic rings. The summed E-state index contributed by atoms with van der Waals surface area (Å²) in [4.78, 5) is 35.1. The Labute approximate surface area is 139 Å². The number of piperazine rings is 1. The van der Waals surface area contributed by atoms with Crippen molar-refractivity contribution in [2.45, 2.75) is 6.92 Å². The maximum atomic E-state index is 12.5. The van der Waals surface area contributed by atoms with Crippen LogP contribution in [0.3, 0.4) is 0 Å². The summed E-state index contributed by atoms with van der Waals surface area (Å²) in [5.41, 5.74) is 1.74. The van der Waals surface area contributed by atoms with Gasteiger partial charge in [-0.1, -0.05) is 17.7 Å². The molecule has 1 N–H and O–H groups in total. The number of anilines is 1. The molecule has 0 radical (unpaired) electrons. The molecule has 2 heterocycles. The number of carbonyl (C=O) groups excluding carboxylic acids is 1. The van der Waals surface area contributed by atoms with Gasteiger partial charge in [-0.25, -0.2) is 14.8 Å². The molecule has 1 aliphatic heterocycles. The Morgan fingerprint density at radius 2 is 1.67 bits per heavy atom. The van der Waals surface area contributed by atoms with Crippen molar-refractivity contribution in [3.63, 3.8) is 0 Å². The highest BCUT2D eigenvalue weighted by atomic mass is 16.4. The van der Waals surface area contributed by atoms with Crippen LogP contribution in [0.1, 0.15) is 26.4 Å². The van der Waals surface area contributed by atoms with E-state index in [0.29, 0.717) is 37.6 Å². The summed E-state index contributed by atoms with van der Waals surface area (Å²) in [5, 5.41) is 8.85. The van der Waals surface area contributed by atoms with Gasteiger partial charge < -0.3 is 14.9 Å². The molecule has 1 aromatic carbocycles. The highest BCUT2D eigenvalue weighted by Crippen LogP contribution is 2.15. The van der Waals surface area contributed by atoms with E-state index in [0.717, 1.165) is 5.56 Å². The Kier molecular flexibility index (Phi) is 4.41. The lowest BCUT2D eigenvalue weighted by atomic mass is 10.1. The van der Waals surface area contributed by atoms with E-state index in [4.69, 9.17) is 5.11 Å². The van der Waals surface area contributed by atoms with Gasteiger partial charge in [0.15, 0.2) is 5.69 Å². The van der Waals surface area contributed by atoms with Gasteiger partial charge in [0.05, 0.1) is 12.4 Å². The highest BCUT2D eigenvalue weighted by Gasteiger charge is 2.23. The Morgan fingerprint density at radius 3 is 2.21 bits per heavy atom. The molecule has 0 saturated carbocycles. The number of amides is 1. The Morgan fingerprint density at radius 1 is 1.00 bits per heavy atom. The van der Waals surface area contributed by atoms with E-state index in [2.05, 4.69) is 9.97 Å². The number of benzene rings is 1. The predicted octanol–water partition coefficient (Wildman–Crippen LogP) is 1.45. The van der Waals surface area contributed by atoms with E-state index in [1.54, 1.807) is 0 Å². The van der Waals surface area contributed by atoms with Gasteiger partial charge in [0.25, 0.3) is 5.91 Å². The molecule has 3 rings (SSSR count). The first-order chi connectivity index (χ1) is 11.5. The average molecular weight is 326 g/mol. The number of hydrogen-bond donors (Lipinski definition) is 1. The quantitative estimate of drug-likeness (QED) is 0.918. The third-order valence-electron chi connectivity index (χ3n) is 4.05. The van der Waals surface area contributed by atoms with Gasteiger partial charge in [0.2, 0.25) is 0 Å². The zero-order valence-corrected chi connectivity index (χ0v) is 13.3.